The molecule has 7 N–H and O–H groups in total. The predicted octanol–water partition coefficient (Wildman–Crippen LogP) is -2.68. The van der Waals surface area contributed by atoms with Gasteiger partial charge < -0.3 is 35.7 Å². The van der Waals surface area contributed by atoms with Crippen molar-refractivity contribution < 1.29 is 35.7 Å². The highest BCUT2D eigenvalue weighted by Gasteiger charge is 2.26. The van der Waals surface area contributed by atoms with Crippen molar-refractivity contribution in [2.24, 2.45) is 0 Å². The molecule has 0 aliphatic carbocycles. The smallest absolute Gasteiger partial charge is 0.126 e. The monoisotopic (exact) mass is 376 g/mol. The lowest BCUT2D eigenvalue weighted by Crippen LogP contribution is -2.35. The first-order valence-electron chi connectivity index (χ1n) is 6.33. The number of hydrogen-bond donors (Lipinski definition) is 7. The van der Waals surface area contributed by atoms with E-state index in [9.17, 15) is 25.5 Å². The molecule has 0 radical (unpaired) electrons. The highest BCUT2D eigenvalue weighted by atomic mass is 35.5. The summed E-state index contributed by atoms with van der Waals surface area (Å²) in [6.45, 7) is -1.30. The molecule has 0 unspecified atom stereocenters. The number of aliphatic hydroxyl groups is 7. The van der Waals surface area contributed by atoms with Gasteiger partial charge in [-0.15, -0.1) is 24.8 Å². The van der Waals surface area contributed by atoms with Crippen LogP contribution >= 0.6 is 24.8 Å². The van der Waals surface area contributed by atoms with Crippen LogP contribution in [0.15, 0.2) is 12.4 Å². The summed E-state index contributed by atoms with van der Waals surface area (Å²) in [7, 11) is 0. The maximum absolute atomic E-state index is 9.74. The second-order valence-electron chi connectivity index (χ2n) is 4.64. The zero-order chi connectivity index (χ0) is 16.0. The summed E-state index contributed by atoms with van der Waals surface area (Å²) in [5.74, 6) is 0. The maximum Gasteiger partial charge on any atom is 0.126 e. The zero-order valence-corrected chi connectivity index (χ0v) is 13.6. The number of hydrogen-bond acceptors (Lipinski definition) is 9. The second-order valence-corrected chi connectivity index (χ2v) is 4.64. The van der Waals surface area contributed by atoms with E-state index in [1.807, 2.05) is 0 Å². The van der Waals surface area contributed by atoms with Crippen molar-refractivity contribution in [3.63, 3.8) is 0 Å². The molecule has 136 valence electrons. The lowest BCUT2D eigenvalue weighted by molar-refractivity contribution is -0.0790. The van der Waals surface area contributed by atoms with Crippen molar-refractivity contribution in [2.75, 3.05) is 13.2 Å². The maximum atomic E-state index is 9.74. The van der Waals surface area contributed by atoms with E-state index in [1.54, 1.807) is 0 Å². The van der Waals surface area contributed by atoms with E-state index < -0.39 is 43.7 Å². The molecule has 1 heterocycles. The minimum absolute atomic E-state index is 0. The van der Waals surface area contributed by atoms with Crippen molar-refractivity contribution in [3.05, 3.63) is 23.8 Å². The van der Waals surface area contributed by atoms with Crippen LogP contribution in [0.5, 0.6) is 0 Å². The molecule has 0 bridgehead atoms. The summed E-state index contributed by atoms with van der Waals surface area (Å²) in [4.78, 5) is 7.73. The molecule has 11 heteroatoms. The third kappa shape index (κ3) is 7.21. The quantitative estimate of drug-likeness (QED) is 0.255. The van der Waals surface area contributed by atoms with Crippen LogP contribution in [0.3, 0.4) is 0 Å². The molecule has 0 aromatic carbocycles. The molecule has 1 aromatic rings. The molecule has 0 fully saturated rings. The van der Waals surface area contributed by atoms with Gasteiger partial charge in [0, 0.05) is 12.6 Å². The first-order valence-corrected chi connectivity index (χ1v) is 6.33. The topological polar surface area (TPSA) is 167 Å². The Kier molecular flexibility index (Phi) is 12.7. The van der Waals surface area contributed by atoms with Crippen LogP contribution in [0.1, 0.15) is 17.5 Å². The van der Waals surface area contributed by atoms with Gasteiger partial charge in [0.25, 0.3) is 0 Å². The van der Waals surface area contributed by atoms with Gasteiger partial charge in [0.2, 0.25) is 0 Å². The largest absolute Gasteiger partial charge is 0.394 e. The second kappa shape index (κ2) is 11.8. The lowest BCUT2D eigenvalue weighted by atomic mass is 10.1. The van der Waals surface area contributed by atoms with E-state index in [0.29, 0.717) is 5.69 Å². The van der Waals surface area contributed by atoms with Crippen LogP contribution in [0.2, 0.25) is 0 Å². The van der Waals surface area contributed by atoms with Gasteiger partial charge in [0.1, 0.15) is 24.4 Å². The summed E-state index contributed by atoms with van der Waals surface area (Å²) < 4.78 is 0. The molecule has 9 nitrogen and oxygen atoms in total. The van der Waals surface area contributed by atoms with E-state index in [4.69, 9.17) is 10.2 Å². The third-order valence-electron chi connectivity index (χ3n) is 2.98. The molecule has 0 spiro atoms. The van der Waals surface area contributed by atoms with Crippen LogP contribution < -0.4 is 0 Å². The van der Waals surface area contributed by atoms with Crippen LogP contribution in [0.4, 0.5) is 0 Å². The predicted molar refractivity (Wildman–Crippen MR) is 83.4 cm³/mol. The molecule has 1 aromatic heterocycles. The molecule has 0 amide bonds. The van der Waals surface area contributed by atoms with Gasteiger partial charge in [-0.1, -0.05) is 0 Å². The fourth-order valence-corrected chi connectivity index (χ4v) is 1.59. The van der Waals surface area contributed by atoms with E-state index in [-0.39, 0.29) is 36.9 Å². The fourth-order valence-electron chi connectivity index (χ4n) is 1.59. The standard InChI is InChI=1S/C12H20N2O7.2ClH/c15-4-9(18)8(17)1-6-2-14-7(3-13-6)11(20)12(21)10(19)5-16;;/h2-3,8-12,15-21H,1,4-5H2;2*1H/t8-,9+,10+,11+,12+;;/m0../s1. The first-order chi connectivity index (χ1) is 9.90. The number of nitrogens with zero attached hydrogens (tertiary/aromatic N) is 2. The molecule has 1 rings (SSSR count). The molecule has 0 saturated heterocycles. The fraction of sp³-hybridized carbons (Fsp3) is 0.667. The van der Waals surface area contributed by atoms with Crippen molar-refractivity contribution in [3.8, 4) is 0 Å². The van der Waals surface area contributed by atoms with Gasteiger partial charge in [-0.25, -0.2) is 0 Å². The summed E-state index contributed by atoms with van der Waals surface area (Å²) >= 11 is 0. The SMILES string of the molecule is Cl.Cl.OC[C@@H](O)[C@@H](O)[C@H](O)c1cnc(C[C@H](O)[C@H](O)CO)cn1. The first kappa shape index (κ1) is 24.6. The average molecular weight is 377 g/mol. The zero-order valence-electron chi connectivity index (χ0n) is 12.0. The van der Waals surface area contributed by atoms with Gasteiger partial charge >= 0.3 is 0 Å². The van der Waals surface area contributed by atoms with E-state index in [0.717, 1.165) is 6.20 Å². The van der Waals surface area contributed by atoms with Crippen molar-refractivity contribution in [1.82, 2.24) is 9.97 Å². The van der Waals surface area contributed by atoms with E-state index >= 15 is 0 Å². The number of rotatable bonds is 8. The van der Waals surface area contributed by atoms with Gasteiger partial charge in [-0.3, -0.25) is 9.97 Å². The summed E-state index contributed by atoms with van der Waals surface area (Å²) in [5, 5.41) is 64.6. The highest BCUT2D eigenvalue weighted by Crippen LogP contribution is 2.16. The van der Waals surface area contributed by atoms with Crippen molar-refractivity contribution >= 4 is 24.8 Å². The third-order valence-corrected chi connectivity index (χ3v) is 2.98. The molecule has 0 aliphatic heterocycles. The Hall–Kier alpha value is -0.620. The normalized spacial score (nSPS) is 17.2. The number of halogens is 2. The van der Waals surface area contributed by atoms with Gasteiger partial charge in [-0.05, 0) is 0 Å². The molecule has 23 heavy (non-hydrogen) atoms. The summed E-state index contributed by atoms with van der Waals surface area (Å²) in [5.41, 5.74) is 0.291. The molecule has 0 saturated carbocycles. The van der Waals surface area contributed by atoms with Gasteiger partial charge in [0.15, 0.2) is 0 Å². The van der Waals surface area contributed by atoms with Gasteiger partial charge in [-0.2, -0.15) is 0 Å². The molecule has 0 aliphatic rings. The Morgan fingerprint density at radius 2 is 1.35 bits per heavy atom. The number of aliphatic hydroxyl groups excluding tert-OH is 7. The summed E-state index contributed by atoms with van der Waals surface area (Å²) in [6, 6.07) is 0. The Labute approximate surface area is 145 Å². The van der Waals surface area contributed by atoms with E-state index in [1.165, 1.54) is 6.20 Å². The molecular weight excluding hydrogens is 355 g/mol. The Morgan fingerprint density at radius 1 is 0.783 bits per heavy atom. The van der Waals surface area contributed by atoms with Crippen LogP contribution in [0.25, 0.3) is 0 Å². The van der Waals surface area contributed by atoms with E-state index in [2.05, 4.69) is 9.97 Å². The van der Waals surface area contributed by atoms with Crippen molar-refractivity contribution in [1.29, 1.82) is 0 Å². The Morgan fingerprint density at radius 3 is 1.78 bits per heavy atom. The minimum Gasteiger partial charge on any atom is -0.394 e. The van der Waals surface area contributed by atoms with Gasteiger partial charge in [0.05, 0.1) is 36.9 Å². The number of aromatic nitrogens is 2. The Bertz CT molecular complexity index is 426. The van der Waals surface area contributed by atoms with Crippen LogP contribution in [-0.4, -0.2) is 83.3 Å². The molecule has 5 atom stereocenters. The van der Waals surface area contributed by atoms with Crippen LogP contribution in [-0.2, 0) is 6.42 Å². The average Bonchev–Trinajstić information content (AvgIpc) is 2.52. The molecular formula is C12H22Cl2N2O7. The minimum atomic E-state index is -1.61. The van der Waals surface area contributed by atoms with Crippen molar-refractivity contribution in [2.45, 2.75) is 36.9 Å². The Balaban J connectivity index is 0. The summed E-state index contributed by atoms with van der Waals surface area (Å²) in [6.07, 6.45) is -4.83. The highest BCUT2D eigenvalue weighted by molar-refractivity contribution is 5.85. The lowest BCUT2D eigenvalue weighted by Gasteiger charge is -2.21. The van der Waals surface area contributed by atoms with Crippen LogP contribution in [0, 0.1) is 0 Å².